The zero-order valence-corrected chi connectivity index (χ0v) is 24.2. The molecule has 0 amide bonds. The smallest absolute Gasteiger partial charge is 0.340 e. The number of aryl methyl sites for hydroxylation is 2. The van der Waals surface area contributed by atoms with Gasteiger partial charge in [0.05, 0.1) is 30.2 Å². The van der Waals surface area contributed by atoms with Crippen LogP contribution in [0.1, 0.15) is 68.2 Å². The summed E-state index contributed by atoms with van der Waals surface area (Å²) in [5, 5.41) is 5.02. The van der Waals surface area contributed by atoms with Gasteiger partial charge in [0.25, 0.3) is 0 Å². The number of benzene rings is 2. The van der Waals surface area contributed by atoms with Gasteiger partial charge in [-0.05, 0) is 72.9 Å². The highest BCUT2D eigenvalue weighted by Crippen LogP contribution is 2.42. The van der Waals surface area contributed by atoms with Crippen molar-refractivity contribution in [3.8, 4) is 28.3 Å². The predicted molar refractivity (Wildman–Crippen MR) is 152 cm³/mol. The number of hydrogen-bond acceptors (Lipinski definition) is 6. The highest BCUT2D eigenvalue weighted by molar-refractivity contribution is 5.84. The number of halogens is 1. The van der Waals surface area contributed by atoms with Crippen molar-refractivity contribution in [3.05, 3.63) is 70.2 Å². The van der Waals surface area contributed by atoms with Crippen molar-refractivity contribution in [2.75, 3.05) is 13.2 Å². The Hall–Kier alpha value is -3.78. The summed E-state index contributed by atoms with van der Waals surface area (Å²) in [4.78, 5) is 18.4. The Morgan fingerprint density at radius 3 is 2.55 bits per heavy atom. The zero-order valence-electron chi connectivity index (χ0n) is 24.2. The van der Waals surface area contributed by atoms with Crippen molar-refractivity contribution >= 4 is 11.6 Å². The van der Waals surface area contributed by atoms with Gasteiger partial charge in [-0.3, -0.25) is 0 Å². The fourth-order valence-electron chi connectivity index (χ4n) is 5.42. The molecule has 7 nitrogen and oxygen atoms in total. The maximum Gasteiger partial charge on any atom is 0.340 e. The molecule has 0 spiro atoms. The first-order chi connectivity index (χ1) is 19.0. The summed E-state index contributed by atoms with van der Waals surface area (Å²) in [7, 11) is 0. The molecular formula is C32H36FN3O4. The summed E-state index contributed by atoms with van der Waals surface area (Å²) in [6, 6.07) is 11.3. The van der Waals surface area contributed by atoms with E-state index in [1.165, 1.54) is 6.07 Å². The molecule has 1 atom stereocenters. The van der Waals surface area contributed by atoms with Crippen LogP contribution in [-0.4, -0.2) is 39.4 Å². The van der Waals surface area contributed by atoms with Gasteiger partial charge in [-0.25, -0.2) is 18.7 Å². The van der Waals surface area contributed by atoms with Gasteiger partial charge in [-0.2, -0.15) is 5.10 Å². The molecule has 0 bridgehead atoms. The number of esters is 1. The van der Waals surface area contributed by atoms with E-state index in [2.05, 4.69) is 0 Å². The molecule has 2 aromatic heterocycles. The molecule has 210 valence electrons. The average molecular weight is 546 g/mol. The van der Waals surface area contributed by atoms with Gasteiger partial charge in [-0.1, -0.05) is 30.3 Å². The van der Waals surface area contributed by atoms with E-state index < -0.39 is 23.5 Å². The van der Waals surface area contributed by atoms with Crippen LogP contribution in [-0.2, 0) is 20.7 Å². The first kappa shape index (κ1) is 27.8. The minimum absolute atomic E-state index is 0.190. The molecule has 1 unspecified atom stereocenters. The largest absolute Gasteiger partial charge is 0.490 e. The lowest BCUT2D eigenvalue weighted by molar-refractivity contribution is -0.166. The lowest BCUT2D eigenvalue weighted by Gasteiger charge is -2.29. The van der Waals surface area contributed by atoms with Gasteiger partial charge >= 0.3 is 5.97 Å². The number of hydrogen-bond donors (Lipinski definition) is 0. The molecule has 0 radical (unpaired) electrons. The average Bonchev–Trinajstić information content (AvgIpc) is 3.24. The van der Waals surface area contributed by atoms with Crippen LogP contribution in [0.3, 0.4) is 0 Å². The van der Waals surface area contributed by atoms with Crippen LogP contribution in [0.5, 0.6) is 5.75 Å². The number of nitrogens with zero attached hydrogens (tertiary/aromatic N) is 3. The lowest BCUT2D eigenvalue weighted by Crippen LogP contribution is -2.30. The second-order valence-corrected chi connectivity index (χ2v) is 11.2. The normalized spacial score (nSPS) is 14.1. The van der Waals surface area contributed by atoms with Crippen molar-refractivity contribution < 1.29 is 23.4 Å². The topological polar surface area (TPSA) is 75.0 Å². The number of rotatable bonds is 6. The number of fused-ring (bicyclic) bond motifs is 2. The lowest BCUT2D eigenvalue weighted by atomic mass is 9.90. The molecule has 1 aliphatic heterocycles. The summed E-state index contributed by atoms with van der Waals surface area (Å²) in [5.74, 6) is -0.680. The third-order valence-electron chi connectivity index (χ3n) is 7.19. The number of carbonyl (C=O) groups is 1. The van der Waals surface area contributed by atoms with Gasteiger partial charge in [0.1, 0.15) is 0 Å². The second kappa shape index (κ2) is 10.7. The van der Waals surface area contributed by atoms with E-state index in [1.54, 1.807) is 11.4 Å². The van der Waals surface area contributed by atoms with Gasteiger partial charge < -0.3 is 14.2 Å². The fraction of sp³-hybridized carbons (Fsp3) is 0.406. The molecule has 8 heteroatoms. The molecule has 0 saturated carbocycles. The molecular weight excluding hydrogens is 509 g/mol. The monoisotopic (exact) mass is 545 g/mol. The summed E-state index contributed by atoms with van der Waals surface area (Å²) in [6.07, 6.45) is 0.388. The third kappa shape index (κ3) is 4.96. The Bertz CT molecular complexity index is 1590. The number of carbonyl (C=O) groups excluding carboxylic acids is 1. The van der Waals surface area contributed by atoms with Gasteiger partial charge in [-0.15, -0.1) is 0 Å². The maximum absolute atomic E-state index is 15.6. The number of aromatic nitrogens is 3. The zero-order chi connectivity index (χ0) is 28.8. The van der Waals surface area contributed by atoms with Gasteiger partial charge in [0.15, 0.2) is 23.3 Å². The second-order valence-electron chi connectivity index (χ2n) is 11.2. The Labute approximate surface area is 234 Å². The van der Waals surface area contributed by atoms with E-state index >= 15 is 4.39 Å². The van der Waals surface area contributed by atoms with E-state index in [4.69, 9.17) is 24.3 Å². The predicted octanol–water partition coefficient (Wildman–Crippen LogP) is 6.87. The SMILES string of the molecule is CCOC(=O)C(OC(C)(C)C)c1c(C)nc2c(C)c(-c3ccccc3)nn2c1-c1cc(F)c2c(c1C)CCCO2. The highest BCUT2D eigenvalue weighted by atomic mass is 19.1. The first-order valence-corrected chi connectivity index (χ1v) is 13.8. The van der Waals surface area contributed by atoms with Crippen molar-refractivity contribution in [3.63, 3.8) is 0 Å². The quantitative estimate of drug-likeness (QED) is 0.246. The highest BCUT2D eigenvalue weighted by Gasteiger charge is 2.36. The van der Waals surface area contributed by atoms with Crippen LogP contribution in [0.25, 0.3) is 28.2 Å². The first-order valence-electron chi connectivity index (χ1n) is 13.8. The molecule has 0 aliphatic carbocycles. The van der Waals surface area contributed by atoms with Crippen LogP contribution in [0, 0.1) is 26.6 Å². The molecule has 5 rings (SSSR count). The Balaban J connectivity index is 1.90. The summed E-state index contributed by atoms with van der Waals surface area (Å²) >= 11 is 0. The molecule has 4 aromatic rings. The summed E-state index contributed by atoms with van der Waals surface area (Å²) in [6.45, 7) is 13.9. The number of ether oxygens (including phenoxy) is 3. The van der Waals surface area contributed by atoms with Gasteiger partial charge in [0.2, 0.25) is 0 Å². The Kier molecular flexibility index (Phi) is 7.40. The molecule has 2 aromatic carbocycles. The van der Waals surface area contributed by atoms with E-state index in [9.17, 15) is 4.79 Å². The van der Waals surface area contributed by atoms with Crippen LogP contribution in [0.4, 0.5) is 4.39 Å². The van der Waals surface area contributed by atoms with E-state index in [0.717, 1.165) is 34.4 Å². The van der Waals surface area contributed by atoms with Crippen molar-refractivity contribution in [1.29, 1.82) is 0 Å². The van der Waals surface area contributed by atoms with E-state index in [-0.39, 0.29) is 6.61 Å². The van der Waals surface area contributed by atoms with Gasteiger partial charge in [0, 0.05) is 33.5 Å². The Morgan fingerprint density at radius 2 is 1.88 bits per heavy atom. The maximum atomic E-state index is 15.6. The van der Waals surface area contributed by atoms with E-state index in [1.807, 2.05) is 71.9 Å². The molecule has 40 heavy (non-hydrogen) atoms. The summed E-state index contributed by atoms with van der Waals surface area (Å²) in [5.41, 5.74) is 6.47. The van der Waals surface area contributed by atoms with E-state index in [0.29, 0.717) is 46.9 Å². The van der Waals surface area contributed by atoms with Crippen LogP contribution in [0.15, 0.2) is 36.4 Å². The minimum atomic E-state index is -1.11. The minimum Gasteiger partial charge on any atom is -0.490 e. The van der Waals surface area contributed by atoms with Crippen LogP contribution >= 0.6 is 0 Å². The molecule has 0 saturated heterocycles. The molecule has 0 N–H and O–H groups in total. The molecule has 0 fully saturated rings. The van der Waals surface area contributed by atoms with Crippen molar-refractivity contribution in [1.82, 2.24) is 14.6 Å². The van der Waals surface area contributed by atoms with Crippen LogP contribution < -0.4 is 4.74 Å². The standard InChI is InChI=1S/C32H36FN3O4/c1-8-38-31(37)29(40-32(5,6)7)25-20(4)34-30-19(3)26(21-13-10-9-11-14-21)35-36(30)27(25)23-17-24(33)28-22(18(23)2)15-12-16-39-28/h9-11,13-14,17,29H,8,12,15-16H2,1-7H3. The summed E-state index contributed by atoms with van der Waals surface area (Å²) < 4.78 is 34.9. The molecule has 1 aliphatic rings. The molecule has 3 heterocycles. The van der Waals surface area contributed by atoms with Crippen LogP contribution in [0.2, 0.25) is 0 Å². The van der Waals surface area contributed by atoms with Crippen molar-refractivity contribution in [2.45, 2.75) is 73.0 Å². The van der Waals surface area contributed by atoms with Crippen molar-refractivity contribution in [2.24, 2.45) is 0 Å². The third-order valence-corrected chi connectivity index (χ3v) is 7.19. The Morgan fingerprint density at radius 1 is 1.15 bits per heavy atom. The fourth-order valence-corrected chi connectivity index (χ4v) is 5.42.